The zero-order valence-corrected chi connectivity index (χ0v) is 15.7. The predicted octanol–water partition coefficient (Wildman–Crippen LogP) is 2.62. The van der Waals surface area contributed by atoms with Crippen LogP contribution in [0.2, 0.25) is 0 Å². The Morgan fingerprint density at radius 2 is 2.04 bits per heavy atom. The molecule has 3 aromatic rings. The van der Waals surface area contributed by atoms with Crippen LogP contribution in [0.3, 0.4) is 0 Å². The van der Waals surface area contributed by atoms with Crippen LogP contribution in [0, 0.1) is 5.92 Å². The van der Waals surface area contributed by atoms with Gasteiger partial charge in [-0.25, -0.2) is 4.98 Å². The van der Waals surface area contributed by atoms with Crippen molar-refractivity contribution >= 4 is 22.3 Å². The molecule has 2 aliphatic heterocycles. The molecular weight excluding hydrogens is 360 g/mol. The van der Waals surface area contributed by atoms with Gasteiger partial charge in [0.15, 0.2) is 10.9 Å². The number of nitrogens with zero attached hydrogens (tertiary/aromatic N) is 5. The van der Waals surface area contributed by atoms with Crippen molar-refractivity contribution in [3.05, 3.63) is 47.2 Å². The van der Waals surface area contributed by atoms with Gasteiger partial charge in [-0.05, 0) is 24.3 Å². The normalized spacial score (nSPS) is 16.7. The second-order valence-electron chi connectivity index (χ2n) is 6.86. The summed E-state index contributed by atoms with van der Waals surface area (Å²) in [5.74, 6) is 1.54. The fourth-order valence-corrected chi connectivity index (χ4v) is 4.34. The van der Waals surface area contributed by atoms with Crippen molar-refractivity contribution in [3.8, 4) is 11.3 Å². The average molecular weight is 380 g/mol. The van der Waals surface area contributed by atoms with Crippen molar-refractivity contribution in [1.82, 2.24) is 20.2 Å². The molecule has 1 saturated heterocycles. The molecule has 2 aliphatic rings. The van der Waals surface area contributed by atoms with Crippen molar-refractivity contribution in [2.75, 3.05) is 36.5 Å². The van der Waals surface area contributed by atoms with Crippen LogP contribution in [0.1, 0.15) is 10.6 Å². The molecule has 0 aliphatic carbocycles. The maximum absolute atomic E-state index is 5.49. The monoisotopic (exact) mass is 380 g/mol. The SMILES string of the molecule is c1cc(-c2ccc(N3CC(CNc4nc5c(s4)COCC5)C3)nn2)ccn1. The summed E-state index contributed by atoms with van der Waals surface area (Å²) >= 11 is 1.72. The molecule has 0 atom stereocenters. The summed E-state index contributed by atoms with van der Waals surface area (Å²) < 4.78 is 5.49. The molecule has 0 amide bonds. The number of ether oxygens (including phenoxy) is 1. The number of hydrogen-bond acceptors (Lipinski definition) is 8. The second-order valence-corrected chi connectivity index (χ2v) is 7.94. The molecule has 27 heavy (non-hydrogen) atoms. The van der Waals surface area contributed by atoms with E-state index in [-0.39, 0.29) is 0 Å². The highest BCUT2D eigenvalue weighted by Gasteiger charge is 2.28. The van der Waals surface area contributed by atoms with Gasteiger partial charge in [0.05, 0.1) is 29.5 Å². The fourth-order valence-electron chi connectivity index (χ4n) is 3.39. The molecule has 3 aromatic heterocycles. The van der Waals surface area contributed by atoms with E-state index in [4.69, 9.17) is 4.74 Å². The van der Waals surface area contributed by atoms with Gasteiger partial charge in [-0.2, -0.15) is 0 Å². The summed E-state index contributed by atoms with van der Waals surface area (Å²) in [7, 11) is 0. The van der Waals surface area contributed by atoms with E-state index in [0.717, 1.165) is 54.9 Å². The number of thiazole rings is 1. The van der Waals surface area contributed by atoms with E-state index in [0.29, 0.717) is 12.5 Å². The van der Waals surface area contributed by atoms with Gasteiger partial charge in [-0.15, -0.1) is 10.2 Å². The number of aromatic nitrogens is 4. The van der Waals surface area contributed by atoms with Crippen LogP contribution in [0.25, 0.3) is 11.3 Å². The zero-order valence-electron chi connectivity index (χ0n) is 14.8. The second kappa shape index (κ2) is 7.21. The molecule has 7 nitrogen and oxygen atoms in total. The average Bonchev–Trinajstić information content (AvgIpc) is 3.11. The van der Waals surface area contributed by atoms with Crippen LogP contribution >= 0.6 is 11.3 Å². The first-order chi connectivity index (χ1) is 13.3. The first-order valence-corrected chi connectivity index (χ1v) is 9.96. The molecular formula is C19H20N6OS. The number of anilines is 2. The molecule has 5 heterocycles. The van der Waals surface area contributed by atoms with E-state index in [9.17, 15) is 0 Å². The minimum Gasteiger partial charge on any atom is -0.375 e. The van der Waals surface area contributed by atoms with Crippen molar-refractivity contribution in [1.29, 1.82) is 0 Å². The maximum Gasteiger partial charge on any atom is 0.183 e. The predicted molar refractivity (Wildman–Crippen MR) is 105 cm³/mol. The smallest absolute Gasteiger partial charge is 0.183 e. The van der Waals surface area contributed by atoms with Gasteiger partial charge >= 0.3 is 0 Å². The highest BCUT2D eigenvalue weighted by atomic mass is 32.1. The largest absolute Gasteiger partial charge is 0.375 e. The summed E-state index contributed by atoms with van der Waals surface area (Å²) in [6, 6.07) is 7.95. The fraction of sp³-hybridized carbons (Fsp3) is 0.368. The van der Waals surface area contributed by atoms with E-state index in [1.807, 2.05) is 24.3 Å². The van der Waals surface area contributed by atoms with Crippen molar-refractivity contribution < 1.29 is 4.74 Å². The Hall–Kier alpha value is -2.58. The molecule has 0 bridgehead atoms. The Morgan fingerprint density at radius 3 is 2.81 bits per heavy atom. The molecule has 0 radical (unpaired) electrons. The van der Waals surface area contributed by atoms with Crippen LogP contribution in [-0.2, 0) is 17.8 Å². The van der Waals surface area contributed by atoms with Gasteiger partial charge in [0.25, 0.3) is 0 Å². The molecule has 138 valence electrons. The number of nitrogens with one attached hydrogen (secondary N) is 1. The van der Waals surface area contributed by atoms with Crippen LogP contribution in [-0.4, -0.2) is 46.4 Å². The van der Waals surface area contributed by atoms with Gasteiger partial charge in [0, 0.05) is 49.9 Å². The first-order valence-electron chi connectivity index (χ1n) is 9.14. The van der Waals surface area contributed by atoms with Crippen LogP contribution in [0.4, 0.5) is 10.9 Å². The van der Waals surface area contributed by atoms with Crippen LogP contribution < -0.4 is 10.2 Å². The molecule has 0 saturated carbocycles. The Bertz CT molecular complexity index is 884. The minimum absolute atomic E-state index is 0.601. The van der Waals surface area contributed by atoms with Gasteiger partial charge < -0.3 is 15.0 Å². The Balaban J connectivity index is 1.13. The minimum atomic E-state index is 0.601. The third-order valence-electron chi connectivity index (χ3n) is 4.94. The number of fused-ring (bicyclic) bond motifs is 1. The third-order valence-corrected chi connectivity index (χ3v) is 5.97. The van der Waals surface area contributed by atoms with Crippen LogP contribution in [0.5, 0.6) is 0 Å². The van der Waals surface area contributed by atoms with Gasteiger partial charge in [-0.3, -0.25) is 4.98 Å². The molecule has 0 unspecified atom stereocenters. The lowest BCUT2D eigenvalue weighted by atomic mass is 10.0. The summed E-state index contributed by atoms with van der Waals surface area (Å²) in [4.78, 5) is 12.2. The lowest BCUT2D eigenvalue weighted by Gasteiger charge is -2.39. The number of hydrogen-bond donors (Lipinski definition) is 1. The van der Waals surface area contributed by atoms with E-state index >= 15 is 0 Å². The Morgan fingerprint density at radius 1 is 1.15 bits per heavy atom. The van der Waals surface area contributed by atoms with Gasteiger partial charge in [-0.1, -0.05) is 11.3 Å². The number of rotatable bonds is 5. The lowest BCUT2D eigenvalue weighted by molar-refractivity contribution is 0.112. The standard InChI is InChI=1S/C19H20N6OS/c1-2-18(24-23-15(1)14-3-6-20-7-4-14)25-10-13(11-25)9-21-19-22-16-5-8-26-12-17(16)27-19/h1-4,6-7,13H,5,8-12H2,(H,21,22). The highest BCUT2D eigenvalue weighted by Crippen LogP contribution is 2.28. The van der Waals surface area contributed by atoms with Crippen molar-refractivity contribution in [3.63, 3.8) is 0 Å². The molecule has 5 rings (SSSR count). The van der Waals surface area contributed by atoms with E-state index in [2.05, 4.69) is 30.4 Å². The van der Waals surface area contributed by atoms with Crippen LogP contribution in [0.15, 0.2) is 36.7 Å². The summed E-state index contributed by atoms with van der Waals surface area (Å²) in [5.41, 5.74) is 3.11. The van der Waals surface area contributed by atoms with Crippen molar-refractivity contribution in [2.45, 2.75) is 13.0 Å². The number of pyridine rings is 1. The van der Waals surface area contributed by atoms with Crippen molar-refractivity contribution in [2.24, 2.45) is 5.92 Å². The molecule has 0 aromatic carbocycles. The third kappa shape index (κ3) is 3.50. The summed E-state index contributed by atoms with van der Waals surface area (Å²) in [5, 5.41) is 13.2. The quantitative estimate of drug-likeness (QED) is 0.729. The first kappa shape index (κ1) is 16.6. The summed E-state index contributed by atoms with van der Waals surface area (Å²) in [6.07, 6.45) is 4.46. The van der Waals surface area contributed by atoms with E-state index < -0.39 is 0 Å². The molecule has 8 heteroatoms. The lowest BCUT2D eigenvalue weighted by Crippen LogP contribution is -2.50. The molecule has 1 N–H and O–H groups in total. The summed E-state index contributed by atoms with van der Waals surface area (Å²) in [6.45, 7) is 4.41. The van der Waals surface area contributed by atoms with E-state index in [1.54, 1.807) is 23.7 Å². The highest BCUT2D eigenvalue weighted by molar-refractivity contribution is 7.15. The Labute approximate surface area is 161 Å². The Kier molecular flexibility index (Phi) is 4.43. The van der Waals surface area contributed by atoms with Gasteiger partial charge in [0.1, 0.15) is 0 Å². The molecule has 1 fully saturated rings. The maximum atomic E-state index is 5.49. The molecule has 0 spiro atoms. The van der Waals surface area contributed by atoms with E-state index in [1.165, 1.54) is 10.6 Å². The van der Waals surface area contributed by atoms with Gasteiger partial charge in [0.2, 0.25) is 0 Å². The topological polar surface area (TPSA) is 76.1 Å². The zero-order chi connectivity index (χ0) is 18.1.